The van der Waals surface area contributed by atoms with E-state index in [-0.39, 0.29) is 0 Å². The molecule has 0 radical (unpaired) electrons. The van der Waals surface area contributed by atoms with E-state index in [2.05, 4.69) is 21.6 Å². The van der Waals surface area contributed by atoms with E-state index in [1.807, 2.05) is 0 Å². The fraction of sp³-hybridized carbons (Fsp3) is 1.00. The summed E-state index contributed by atoms with van der Waals surface area (Å²) < 4.78 is 21.2. The van der Waals surface area contributed by atoms with E-state index >= 15 is 0 Å². The second-order valence-corrected chi connectivity index (χ2v) is 4.08. The van der Waals surface area contributed by atoms with Crippen molar-refractivity contribution in [2.24, 2.45) is 0 Å². The summed E-state index contributed by atoms with van der Waals surface area (Å²) in [6, 6.07) is 0. The molecule has 5 nitrogen and oxygen atoms in total. The molecule has 1 heterocycles. The van der Waals surface area contributed by atoms with E-state index in [4.69, 9.17) is 4.55 Å². The van der Waals surface area contributed by atoms with Gasteiger partial charge >= 0.3 is 0 Å². The number of rotatable bonds is 4. The highest BCUT2D eigenvalue weighted by Crippen LogP contribution is 1.97. The van der Waals surface area contributed by atoms with Gasteiger partial charge in [0, 0.05) is 39.3 Å². The zero-order valence-electron chi connectivity index (χ0n) is 7.90. The average Bonchev–Trinajstić information content (AvgIpc) is 2.08. The molecule has 0 aliphatic carbocycles. The molecule has 0 aromatic carbocycles. The monoisotopic (exact) mass is 207 g/mol. The Morgan fingerprint density at radius 3 is 2.54 bits per heavy atom. The van der Waals surface area contributed by atoms with Crippen LogP contribution in [0.2, 0.25) is 0 Å². The van der Waals surface area contributed by atoms with E-state index in [9.17, 15) is 4.21 Å². The highest BCUT2D eigenvalue weighted by atomic mass is 32.2. The maximum Gasteiger partial charge on any atom is 0.231 e. The Hall–Kier alpha value is -0.0100. The van der Waals surface area contributed by atoms with Crippen LogP contribution in [0.3, 0.4) is 0 Å². The lowest BCUT2D eigenvalue weighted by molar-refractivity contribution is 0.156. The lowest BCUT2D eigenvalue weighted by atomic mass is 10.3. The van der Waals surface area contributed by atoms with Crippen LogP contribution >= 0.6 is 0 Å². The van der Waals surface area contributed by atoms with Gasteiger partial charge < -0.3 is 4.90 Å². The first-order valence-corrected chi connectivity index (χ1v) is 5.54. The third-order valence-corrected chi connectivity index (χ3v) is 2.70. The van der Waals surface area contributed by atoms with Crippen LogP contribution in [0.15, 0.2) is 0 Å². The molecular formula is C7H17N3O2S. The lowest BCUT2D eigenvalue weighted by Gasteiger charge is -2.32. The fourth-order valence-corrected chi connectivity index (χ4v) is 1.63. The highest BCUT2D eigenvalue weighted by Gasteiger charge is 2.12. The molecule has 0 aromatic rings. The standard InChI is InChI=1S/C7H17N3O2S/c1-9-4-6-10(7-5-9)3-2-8-13(11)12/h8H,2-7H2,1H3,(H,11,12). The first-order chi connectivity index (χ1) is 6.18. The average molecular weight is 207 g/mol. The minimum absolute atomic E-state index is 0.576. The summed E-state index contributed by atoms with van der Waals surface area (Å²) >= 11 is -1.86. The van der Waals surface area contributed by atoms with E-state index in [0.29, 0.717) is 6.54 Å². The SMILES string of the molecule is CN1CCN(CCNS(=O)O)CC1. The van der Waals surface area contributed by atoms with Crippen LogP contribution in [0.5, 0.6) is 0 Å². The predicted octanol–water partition coefficient (Wildman–Crippen LogP) is -1.04. The van der Waals surface area contributed by atoms with Crippen molar-refractivity contribution in [2.75, 3.05) is 46.3 Å². The van der Waals surface area contributed by atoms with Crippen molar-refractivity contribution in [3.8, 4) is 0 Å². The van der Waals surface area contributed by atoms with Gasteiger partial charge in [0.25, 0.3) is 0 Å². The van der Waals surface area contributed by atoms with Crippen LogP contribution in [0, 0.1) is 0 Å². The summed E-state index contributed by atoms with van der Waals surface area (Å²) in [5.74, 6) is 0. The highest BCUT2D eigenvalue weighted by molar-refractivity contribution is 7.77. The van der Waals surface area contributed by atoms with Crippen molar-refractivity contribution in [3.05, 3.63) is 0 Å². The van der Waals surface area contributed by atoms with Crippen LogP contribution in [-0.4, -0.2) is 64.9 Å². The van der Waals surface area contributed by atoms with Gasteiger partial charge in [0.2, 0.25) is 11.3 Å². The number of piperazine rings is 1. The van der Waals surface area contributed by atoms with Gasteiger partial charge in [-0.05, 0) is 7.05 Å². The molecule has 1 aliphatic rings. The summed E-state index contributed by atoms with van der Waals surface area (Å²) in [6.45, 7) is 5.70. The third-order valence-electron chi connectivity index (χ3n) is 2.25. The molecule has 0 aromatic heterocycles. The van der Waals surface area contributed by atoms with Gasteiger partial charge in [-0.2, -0.15) is 0 Å². The largest absolute Gasteiger partial charge is 0.304 e. The maximum absolute atomic E-state index is 10.3. The van der Waals surface area contributed by atoms with Crippen molar-refractivity contribution in [2.45, 2.75) is 0 Å². The Balaban J connectivity index is 2.05. The molecular weight excluding hydrogens is 190 g/mol. The van der Waals surface area contributed by atoms with Gasteiger partial charge in [-0.1, -0.05) is 0 Å². The molecule has 1 atom stereocenters. The van der Waals surface area contributed by atoms with E-state index in [1.165, 1.54) is 0 Å². The minimum atomic E-state index is -1.86. The Bertz CT molecular complexity index is 171. The van der Waals surface area contributed by atoms with Gasteiger partial charge in [0.05, 0.1) is 0 Å². The van der Waals surface area contributed by atoms with Crippen molar-refractivity contribution in [1.29, 1.82) is 0 Å². The Morgan fingerprint density at radius 1 is 1.38 bits per heavy atom. The topological polar surface area (TPSA) is 55.8 Å². The van der Waals surface area contributed by atoms with Crippen LogP contribution in [0.25, 0.3) is 0 Å². The summed E-state index contributed by atoms with van der Waals surface area (Å²) in [6.07, 6.45) is 0. The minimum Gasteiger partial charge on any atom is -0.304 e. The summed E-state index contributed by atoms with van der Waals surface area (Å²) in [7, 11) is 2.11. The molecule has 1 aliphatic heterocycles. The molecule has 0 amide bonds. The number of hydrogen-bond donors (Lipinski definition) is 2. The normalized spacial score (nSPS) is 23.2. The molecule has 0 saturated carbocycles. The number of nitrogens with one attached hydrogen (secondary N) is 1. The molecule has 0 bridgehead atoms. The number of nitrogens with zero attached hydrogens (tertiary/aromatic N) is 2. The molecule has 1 unspecified atom stereocenters. The van der Waals surface area contributed by atoms with E-state index in [1.54, 1.807) is 0 Å². The maximum atomic E-state index is 10.3. The Morgan fingerprint density at radius 2 is 2.00 bits per heavy atom. The molecule has 78 valence electrons. The van der Waals surface area contributed by atoms with Crippen molar-refractivity contribution >= 4 is 11.3 Å². The van der Waals surface area contributed by atoms with Gasteiger partial charge in [0.15, 0.2) is 0 Å². The summed E-state index contributed by atoms with van der Waals surface area (Å²) in [4.78, 5) is 4.58. The molecule has 0 spiro atoms. The quantitative estimate of drug-likeness (QED) is 0.578. The number of hydrogen-bond acceptors (Lipinski definition) is 3. The molecule has 6 heteroatoms. The van der Waals surface area contributed by atoms with Crippen LogP contribution in [0.1, 0.15) is 0 Å². The van der Waals surface area contributed by atoms with Crippen molar-refractivity contribution in [1.82, 2.24) is 14.5 Å². The summed E-state index contributed by atoms with van der Waals surface area (Å²) in [5.41, 5.74) is 0. The fourth-order valence-electron chi connectivity index (χ4n) is 1.36. The lowest BCUT2D eigenvalue weighted by Crippen LogP contribution is -2.46. The first kappa shape index (κ1) is 11.1. The van der Waals surface area contributed by atoms with Crippen molar-refractivity contribution < 1.29 is 8.76 Å². The Kier molecular flexibility index (Phi) is 4.82. The van der Waals surface area contributed by atoms with E-state index in [0.717, 1.165) is 32.7 Å². The van der Waals surface area contributed by atoms with Gasteiger partial charge in [0.1, 0.15) is 0 Å². The second kappa shape index (κ2) is 5.66. The molecule has 1 saturated heterocycles. The van der Waals surface area contributed by atoms with Crippen LogP contribution < -0.4 is 4.72 Å². The first-order valence-electron chi connectivity index (χ1n) is 4.44. The van der Waals surface area contributed by atoms with Gasteiger partial charge in [-0.25, -0.2) is 8.93 Å². The zero-order valence-corrected chi connectivity index (χ0v) is 8.72. The smallest absolute Gasteiger partial charge is 0.231 e. The molecule has 13 heavy (non-hydrogen) atoms. The zero-order chi connectivity index (χ0) is 9.68. The molecule has 2 N–H and O–H groups in total. The van der Waals surface area contributed by atoms with Crippen LogP contribution in [0.4, 0.5) is 0 Å². The van der Waals surface area contributed by atoms with Crippen molar-refractivity contribution in [3.63, 3.8) is 0 Å². The van der Waals surface area contributed by atoms with E-state index < -0.39 is 11.3 Å². The Labute approximate surface area is 81.5 Å². The predicted molar refractivity (Wildman–Crippen MR) is 52.7 cm³/mol. The van der Waals surface area contributed by atoms with Gasteiger partial charge in [-0.15, -0.1) is 0 Å². The third kappa shape index (κ3) is 4.68. The molecule has 1 fully saturated rings. The summed E-state index contributed by atoms with van der Waals surface area (Å²) in [5, 5.41) is 0. The second-order valence-electron chi connectivity index (χ2n) is 3.29. The van der Waals surface area contributed by atoms with Crippen LogP contribution in [-0.2, 0) is 11.3 Å². The number of likely N-dealkylation sites (N-methyl/N-ethyl adjacent to an activating group) is 1. The van der Waals surface area contributed by atoms with Gasteiger partial charge in [-0.3, -0.25) is 9.45 Å². The molecule has 1 rings (SSSR count).